The molecule has 0 bridgehead atoms. The average Bonchev–Trinajstić information content (AvgIpc) is 2.52. The van der Waals surface area contributed by atoms with E-state index in [1.165, 1.54) is 6.92 Å². The Hall–Kier alpha value is -2.17. The van der Waals surface area contributed by atoms with Gasteiger partial charge in [-0.25, -0.2) is 4.79 Å². The number of aliphatic carboxylic acids is 1. The molecule has 0 aliphatic rings. The third-order valence-corrected chi connectivity index (χ3v) is 2.74. The first-order valence-corrected chi connectivity index (χ1v) is 6.31. The molecule has 0 aliphatic carbocycles. The Kier molecular flexibility index (Phi) is 8.53. The molecule has 18 heteroatoms. The summed E-state index contributed by atoms with van der Waals surface area (Å²) in [5.41, 5.74) is 0.176. The highest BCUT2D eigenvalue weighted by atomic mass is 19.4. The van der Waals surface area contributed by atoms with Crippen LogP contribution < -0.4 is 0 Å². The molecule has 0 rings (SSSR count). The van der Waals surface area contributed by atoms with Crippen LogP contribution in [0.15, 0.2) is 24.1 Å². The molecule has 0 aromatic heterocycles. The Morgan fingerprint density at radius 2 is 0.933 bits per heavy atom. The van der Waals surface area contributed by atoms with Crippen molar-refractivity contribution in [2.24, 2.45) is 0 Å². The number of alkyl halides is 13. The monoisotopic (exact) mass is 486 g/mol. The zero-order chi connectivity index (χ0) is 25.3. The molecule has 2 nitrogen and oxygen atoms in total. The van der Waals surface area contributed by atoms with Gasteiger partial charge in [-0.15, -0.1) is 0 Å². The van der Waals surface area contributed by atoms with Gasteiger partial charge < -0.3 is 5.11 Å². The largest absolute Gasteiger partial charge is 0.478 e. The Morgan fingerprint density at radius 1 is 0.667 bits per heavy atom. The van der Waals surface area contributed by atoms with Gasteiger partial charge in [-0.2, -0.15) is 70.2 Å². The summed E-state index contributed by atoms with van der Waals surface area (Å²) in [4.78, 5) is 9.60. The molecule has 178 valence electrons. The van der Waals surface area contributed by atoms with Crippen LogP contribution in [0.25, 0.3) is 0 Å². The van der Waals surface area contributed by atoms with Gasteiger partial charge in [0.25, 0.3) is 0 Å². The van der Waals surface area contributed by atoms with Crippen LogP contribution in [0.5, 0.6) is 0 Å². The molecule has 1 N–H and O–H groups in total. The maximum absolute atomic E-state index is 12.7. The maximum Gasteiger partial charge on any atom is 0.460 e. The van der Waals surface area contributed by atoms with Gasteiger partial charge in [0, 0.05) is 5.57 Å². The molecule has 0 aliphatic heterocycles. The van der Waals surface area contributed by atoms with Crippen molar-refractivity contribution >= 4 is 5.97 Å². The van der Waals surface area contributed by atoms with E-state index in [-0.39, 0.29) is 5.57 Å². The number of hydrogen-bond donors (Lipinski definition) is 1. The van der Waals surface area contributed by atoms with E-state index in [2.05, 4.69) is 6.58 Å². The average molecular weight is 486 g/mol. The van der Waals surface area contributed by atoms with Crippen molar-refractivity contribution in [3.8, 4) is 0 Å². The van der Waals surface area contributed by atoms with E-state index >= 15 is 0 Å². The molecule has 0 heterocycles. The topological polar surface area (TPSA) is 37.3 Å². The van der Waals surface area contributed by atoms with Crippen LogP contribution in [-0.4, -0.2) is 46.9 Å². The number of allylic oxidation sites excluding steroid dienone is 1. The van der Waals surface area contributed by atoms with Crippen molar-refractivity contribution in [1.29, 1.82) is 0 Å². The van der Waals surface area contributed by atoms with E-state index in [9.17, 15) is 75.0 Å². The first kappa shape index (κ1) is 30.0. The standard InChI is InChI=1S/C8F16.C4H6O2/c9-1(2(10)11)3(12,13)4(14,15)5(16,17)6(18,19)7(20,21)8(22,23)24;1-3(2)4(5)6/h;1H2,2H3,(H,5,6). The third-order valence-electron chi connectivity index (χ3n) is 2.74. The molecule has 0 fully saturated rings. The summed E-state index contributed by atoms with van der Waals surface area (Å²) in [7, 11) is 0. The first-order chi connectivity index (χ1) is 12.7. The van der Waals surface area contributed by atoms with E-state index in [1.807, 2.05) is 0 Å². The number of hydrogen-bond acceptors (Lipinski definition) is 1. The van der Waals surface area contributed by atoms with Gasteiger partial charge in [-0.05, 0) is 6.92 Å². The summed E-state index contributed by atoms with van der Waals surface area (Å²) < 4.78 is 196. The molecule has 0 aromatic rings. The minimum Gasteiger partial charge on any atom is -0.478 e. The minimum atomic E-state index is -8.31. The van der Waals surface area contributed by atoms with Crippen LogP contribution in [-0.2, 0) is 4.79 Å². The van der Waals surface area contributed by atoms with Crippen LogP contribution in [0, 0.1) is 0 Å². The van der Waals surface area contributed by atoms with E-state index in [1.54, 1.807) is 0 Å². The molecule has 0 atom stereocenters. The molecule has 0 saturated carbocycles. The summed E-state index contributed by atoms with van der Waals surface area (Å²) in [6, 6.07) is 0. The second-order valence-corrected chi connectivity index (χ2v) is 5.03. The molecule has 0 radical (unpaired) electrons. The van der Waals surface area contributed by atoms with Crippen LogP contribution in [0.2, 0.25) is 0 Å². The van der Waals surface area contributed by atoms with Crippen LogP contribution in [0.4, 0.5) is 70.2 Å². The molecular formula is C12H6F16O2. The molecular weight excluding hydrogens is 480 g/mol. The molecule has 0 unspecified atom stereocenters. The summed E-state index contributed by atoms with van der Waals surface area (Å²) in [6.45, 7) is 4.60. The van der Waals surface area contributed by atoms with E-state index in [4.69, 9.17) is 5.11 Å². The fourth-order valence-electron chi connectivity index (χ4n) is 1.03. The van der Waals surface area contributed by atoms with Gasteiger partial charge >= 0.3 is 47.8 Å². The lowest BCUT2D eigenvalue weighted by Gasteiger charge is -2.39. The van der Waals surface area contributed by atoms with Gasteiger partial charge in [-0.1, -0.05) is 6.58 Å². The molecule has 30 heavy (non-hydrogen) atoms. The lowest BCUT2D eigenvalue weighted by Crippen LogP contribution is -2.70. The molecule has 0 aromatic carbocycles. The molecule has 0 saturated heterocycles. The zero-order valence-electron chi connectivity index (χ0n) is 13.6. The van der Waals surface area contributed by atoms with Gasteiger partial charge in [0.1, 0.15) is 0 Å². The summed E-state index contributed by atoms with van der Waals surface area (Å²) in [5, 5.41) is 7.89. The normalized spacial score (nSPS) is 13.9. The summed E-state index contributed by atoms with van der Waals surface area (Å²) >= 11 is 0. The van der Waals surface area contributed by atoms with Crippen molar-refractivity contribution in [2.45, 2.75) is 42.7 Å². The van der Waals surface area contributed by atoms with Crippen LogP contribution in [0.3, 0.4) is 0 Å². The highest BCUT2D eigenvalue weighted by Crippen LogP contribution is 2.61. The van der Waals surface area contributed by atoms with Crippen LogP contribution in [0.1, 0.15) is 6.92 Å². The van der Waals surface area contributed by atoms with E-state index < -0.39 is 53.7 Å². The lowest BCUT2D eigenvalue weighted by atomic mass is 9.93. The maximum atomic E-state index is 12.7. The van der Waals surface area contributed by atoms with Crippen molar-refractivity contribution in [3.63, 3.8) is 0 Å². The second kappa shape index (κ2) is 8.52. The van der Waals surface area contributed by atoms with Crippen molar-refractivity contribution < 1.29 is 80.1 Å². The SMILES string of the molecule is C=C(C)C(=O)O.FC(F)=C(F)C(F)(F)C(F)(F)C(F)(F)C(F)(F)C(F)(F)C(F)(F)F. The Bertz CT molecular complexity index is 671. The molecule has 0 amide bonds. The number of carboxylic acid groups (broad SMARTS) is 1. The Labute approximate surface area is 154 Å². The van der Waals surface area contributed by atoms with E-state index in [0.29, 0.717) is 0 Å². The lowest BCUT2D eigenvalue weighted by molar-refractivity contribution is -0.437. The minimum absolute atomic E-state index is 0.176. The quantitative estimate of drug-likeness (QED) is 0.346. The smallest absolute Gasteiger partial charge is 0.460 e. The highest BCUT2D eigenvalue weighted by molar-refractivity contribution is 5.84. The number of carboxylic acids is 1. The van der Waals surface area contributed by atoms with Crippen molar-refractivity contribution in [3.05, 3.63) is 24.1 Å². The fourth-order valence-corrected chi connectivity index (χ4v) is 1.03. The predicted octanol–water partition coefficient (Wildman–Crippen LogP) is 6.45. The predicted molar refractivity (Wildman–Crippen MR) is 63.6 cm³/mol. The number of rotatable bonds is 6. The van der Waals surface area contributed by atoms with Gasteiger partial charge in [-0.3, -0.25) is 0 Å². The Balaban J connectivity index is 0. The Morgan fingerprint density at radius 3 is 1.13 bits per heavy atom. The van der Waals surface area contributed by atoms with E-state index in [0.717, 1.165) is 0 Å². The first-order valence-electron chi connectivity index (χ1n) is 6.31. The van der Waals surface area contributed by atoms with Crippen LogP contribution >= 0.6 is 0 Å². The molecule has 0 spiro atoms. The van der Waals surface area contributed by atoms with Gasteiger partial charge in [0.05, 0.1) is 0 Å². The third kappa shape index (κ3) is 4.93. The number of halogens is 16. The zero-order valence-corrected chi connectivity index (χ0v) is 13.6. The highest BCUT2D eigenvalue weighted by Gasteiger charge is 2.91. The summed E-state index contributed by atoms with van der Waals surface area (Å²) in [5.74, 6) is -45.9. The van der Waals surface area contributed by atoms with Gasteiger partial charge in [0.15, 0.2) is 0 Å². The summed E-state index contributed by atoms with van der Waals surface area (Å²) in [6.07, 6.45) is -12.1. The van der Waals surface area contributed by atoms with Gasteiger partial charge in [0.2, 0.25) is 5.83 Å². The number of carbonyl (C=O) groups is 1. The fraction of sp³-hybridized carbons (Fsp3) is 0.583. The van der Waals surface area contributed by atoms with Crippen molar-refractivity contribution in [2.75, 3.05) is 0 Å². The second-order valence-electron chi connectivity index (χ2n) is 5.03. The van der Waals surface area contributed by atoms with Crippen molar-refractivity contribution in [1.82, 2.24) is 0 Å².